The van der Waals surface area contributed by atoms with Gasteiger partial charge >= 0.3 is 11.9 Å². The van der Waals surface area contributed by atoms with Crippen molar-refractivity contribution in [1.82, 2.24) is 0 Å². The maximum atomic E-state index is 12.6. The van der Waals surface area contributed by atoms with Gasteiger partial charge < -0.3 is 9.84 Å². The first-order valence-electron chi connectivity index (χ1n) is 18.0. The highest BCUT2D eigenvalue weighted by atomic mass is 16.5. The number of esters is 1. The SMILES string of the molecule is CC/C=C\C/C=C\C/C=C\CCCCCCCC(=O)OC(CCCCCCC)CCCCCCCCCCCC(=O)O. The van der Waals surface area contributed by atoms with Crippen LogP contribution >= 0.6 is 0 Å². The predicted octanol–water partition coefficient (Wildman–Crippen LogP) is 12.2. The summed E-state index contributed by atoms with van der Waals surface area (Å²) in [4.78, 5) is 23.1. The molecule has 1 atom stereocenters. The van der Waals surface area contributed by atoms with E-state index in [0.717, 1.165) is 77.0 Å². The molecule has 1 N–H and O–H groups in total. The van der Waals surface area contributed by atoms with E-state index in [1.807, 2.05) is 0 Å². The van der Waals surface area contributed by atoms with E-state index in [1.54, 1.807) is 0 Å². The summed E-state index contributed by atoms with van der Waals surface area (Å²) in [5, 5.41) is 8.70. The number of carbonyl (C=O) groups is 2. The Morgan fingerprint density at radius 2 is 1.00 bits per heavy atom. The Hall–Kier alpha value is -1.84. The second-order valence-electron chi connectivity index (χ2n) is 12.0. The lowest BCUT2D eigenvalue weighted by molar-refractivity contribution is -0.150. The van der Waals surface area contributed by atoms with Crippen molar-refractivity contribution in [3.63, 3.8) is 0 Å². The number of hydrogen-bond donors (Lipinski definition) is 1. The Balaban J connectivity index is 3.94. The third-order valence-electron chi connectivity index (χ3n) is 7.88. The Morgan fingerprint density at radius 1 is 0.548 bits per heavy atom. The molecular formula is C38H68O4. The first-order chi connectivity index (χ1) is 20.6. The van der Waals surface area contributed by atoms with Gasteiger partial charge in [0.25, 0.3) is 0 Å². The van der Waals surface area contributed by atoms with Crippen molar-refractivity contribution in [2.24, 2.45) is 0 Å². The molecule has 0 aromatic rings. The molecule has 0 spiro atoms. The minimum absolute atomic E-state index is 0.0117. The molecule has 0 radical (unpaired) electrons. The molecular weight excluding hydrogens is 520 g/mol. The molecule has 42 heavy (non-hydrogen) atoms. The van der Waals surface area contributed by atoms with Crippen LogP contribution in [-0.2, 0) is 14.3 Å². The van der Waals surface area contributed by atoms with Crippen LogP contribution in [0.25, 0.3) is 0 Å². The van der Waals surface area contributed by atoms with E-state index in [-0.39, 0.29) is 12.1 Å². The summed E-state index contributed by atoms with van der Waals surface area (Å²) in [5.41, 5.74) is 0. The van der Waals surface area contributed by atoms with Crippen molar-refractivity contribution in [1.29, 1.82) is 0 Å². The smallest absolute Gasteiger partial charge is 0.306 e. The van der Waals surface area contributed by atoms with Gasteiger partial charge in [0.1, 0.15) is 6.10 Å². The molecule has 0 aromatic carbocycles. The summed E-state index contributed by atoms with van der Waals surface area (Å²) in [7, 11) is 0. The minimum atomic E-state index is -0.680. The average molecular weight is 589 g/mol. The molecule has 0 aliphatic rings. The summed E-state index contributed by atoms with van der Waals surface area (Å²) in [6, 6.07) is 0. The molecule has 244 valence electrons. The zero-order chi connectivity index (χ0) is 30.8. The number of allylic oxidation sites excluding steroid dienone is 6. The third-order valence-corrected chi connectivity index (χ3v) is 7.88. The van der Waals surface area contributed by atoms with Gasteiger partial charge in [-0.05, 0) is 70.6 Å². The number of carbonyl (C=O) groups excluding carboxylic acids is 1. The lowest BCUT2D eigenvalue weighted by atomic mass is 10.0. The van der Waals surface area contributed by atoms with Crippen LogP contribution in [0.1, 0.15) is 187 Å². The Morgan fingerprint density at radius 3 is 1.55 bits per heavy atom. The second-order valence-corrected chi connectivity index (χ2v) is 12.0. The molecule has 0 aliphatic carbocycles. The topological polar surface area (TPSA) is 63.6 Å². The van der Waals surface area contributed by atoms with E-state index in [4.69, 9.17) is 9.84 Å². The third kappa shape index (κ3) is 32.7. The van der Waals surface area contributed by atoms with Gasteiger partial charge in [0.05, 0.1) is 0 Å². The van der Waals surface area contributed by atoms with Gasteiger partial charge in [0.15, 0.2) is 0 Å². The molecule has 0 aliphatic heterocycles. The van der Waals surface area contributed by atoms with Gasteiger partial charge in [-0.25, -0.2) is 0 Å². The molecule has 4 nitrogen and oxygen atoms in total. The number of hydrogen-bond acceptors (Lipinski definition) is 3. The monoisotopic (exact) mass is 589 g/mol. The fraction of sp³-hybridized carbons (Fsp3) is 0.789. The number of aliphatic carboxylic acids is 1. The summed E-state index contributed by atoms with van der Waals surface area (Å²) >= 11 is 0. The van der Waals surface area contributed by atoms with Crippen molar-refractivity contribution in [3.05, 3.63) is 36.5 Å². The highest BCUT2D eigenvalue weighted by Gasteiger charge is 2.14. The van der Waals surface area contributed by atoms with Gasteiger partial charge in [-0.1, -0.05) is 140 Å². The quantitative estimate of drug-likeness (QED) is 0.0482. The molecule has 0 saturated carbocycles. The number of carboxylic acid groups (broad SMARTS) is 1. The summed E-state index contributed by atoms with van der Waals surface area (Å²) in [6.07, 6.45) is 43.1. The largest absolute Gasteiger partial charge is 0.481 e. The summed E-state index contributed by atoms with van der Waals surface area (Å²) in [5.74, 6) is -0.669. The molecule has 4 heteroatoms. The van der Waals surface area contributed by atoms with Crippen molar-refractivity contribution in [2.45, 2.75) is 193 Å². The Labute approximate surface area is 260 Å². The van der Waals surface area contributed by atoms with E-state index >= 15 is 0 Å². The number of unbranched alkanes of at least 4 members (excludes halogenated alkanes) is 17. The summed E-state index contributed by atoms with van der Waals surface area (Å²) in [6.45, 7) is 4.41. The maximum absolute atomic E-state index is 12.6. The molecule has 0 aromatic heterocycles. The first kappa shape index (κ1) is 40.2. The highest BCUT2D eigenvalue weighted by molar-refractivity contribution is 5.69. The standard InChI is InChI=1S/C38H68O4/c1-3-5-7-9-10-11-12-13-14-15-16-20-23-27-31-35-38(41)42-36(32-28-24-8-6-4-2)33-29-25-21-18-17-19-22-26-30-34-37(39)40/h5,7,10-11,13-14,36H,3-4,6,8-9,12,15-35H2,1-2H3,(H,39,40)/b7-5-,11-10-,14-13-. The Bertz CT molecular complexity index is 679. The van der Waals surface area contributed by atoms with Gasteiger partial charge in [-0.3, -0.25) is 9.59 Å². The van der Waals surface area contributed by atoms with Crippen molar-refractivity contribution < 1.29 is 19.4 Å². The molecule has 0 saturated heterocycles. The average Bonchev–Trinajstić information content (AvgIpc) is 2.97. The van der Waals surface area contributed by atoms with Crippen molar-refractivity contribution in [3.8, 4) is 0 Å². The molecule has 0 heterocycles. The van der Waals surface area contributed by atoms with Crippen LogP contribution in [0.3, 0.4) is 0 Å². The fourth-order valence-corrected chi connectivity index (χ4v) is 5.26. The molecule has 0 amide bonds. The van der Waals surface area contributed by atoms with Crippen molar-refractivity contribution >= 4 is 11.9 Å². The van der Waals surface area contributed by atoms with E-state index in [1.165, 1.54) is 83.5 Å². The number of rotatable bonds is 32. The van der Waals surface area contributed by atoms with Crippen LogP contribution in [0.15, 0.2) is 36.5 Å². The molecule has 0 fully saturated rings. The van der Waals surface area contributed by atoms with Crippen LogP contribution < -0.4 is 0 Å². The van der Waals surface area contributed by atoms with E-state index in [9.17, 15) is 9.59 Å². The highest BCUT2D eigenvalue weighted by Crippen LogP contribution is 2.18. The molecule has 0 bridgehead atoms. The van der Waals surface area contributed by atoms with Crippen molar-refractivity contribution in [2.75, 3.05) is 0 Å². The van der Waals surface area contributed by atoms with Gasteiger partial charge in [-0.2, -0.15) is 0 Å². The van der Waals surface area contributed by atoms with E-state index in [2.05, 4.69) is 50.3 Å². The lowest BCUT2D eigenvalue weighted by Gasteiger charge is -2.18. The van der Waals surface area contributed by atoms with Gasteiger partial charge in [0, 0.05) is 12.8 Å². The van der Waals surface area contributed by atoms with Gasteiger partial charge in [-0.15, -0.1) is 0 Å². The predicted molar refractivity (Wildman–Crippen MR) is 181 cm³/mol. The normalized spacial score (nSPS) is 12.6. The molecule has 0 rings (SSSR count). The number of ether oxygens (including phenoxy) is 1. The van der Waals surface area contributed by atoms with Crippen LogP contribution in [-0.4, -0.2) is 23.1 Å². The first-order valence-corrected chi connectivity index (χ1v) is 18.0. The van der Waals surface area contributed by atoms with Crippen LogP contribution in [0.4, 0.5) is 0 Å². The van der Waals surface area contributed by atoms with Crippen LogP contribution in [0.2, 0.25) is 0 Å². The fourth-order valence-electron chi connectivity index (χ4n) is 5.26. The minimum Gasteiger partial charge on any atom is -0.481 e. The lowest BCUT2D eigenvalue weighted by Crippen LogP contribution is -2.18. The zero-order valence-corrected chi connectivity index (χ0v) is 27.8. The Kier molecular flexibility index (Phi) is 32.2. The molecule has 1 unspecified atom stereocenters. The van der Waals surface area contributed by atoms with Crippen LogP contribution in [0, 0.1) is 0 Å². The van der Waals surface area contributed by atoms with E-state index in [0.29, 0.717) is 12.8 Å². The summed E-state index contributed by atoms with van der Waals surface area (Å²) < 4.78 is 5.98. The zero-order valence-electron chi connectivity index (χ0n) is 27.8. The number of carboxylic acids is 1. The van der Waals surface area contributed by atoms with Crippen LogP contribution in [0.5, 0.6) is 0 Å². The second kappa shape index (κ2) is 33.7. The maximum Gasteiger partial charge on any atom is 0.306 e. The van der Waals surface area contributed by atoms with E-state index < -0.39 is 5.97 Å². The van der Waals surface area contributed by atoms with Gasteiger partial charge in [0.2, 0.25) is 0 Å².